The summed E-state index contributed by atoms with van der Waals surface area (Å²) in [5, 5.41) is 12.0. The molecule has 0 aliphatic heterocycles. The van der Waals surface area contributed by atoms with Crippen molar-refractivity contribution < 1.29 is 14.6 Å². The van der Waals surface area contributed by atoms with Crippen LogP contribution >= 0.6 is 0 Å². The molecule has 0 rings (SSSR count). The molecule has 0 saturated heterocycles. The highest BCUT2D eigenvalue weighted by Crippen LogP contribution is 2.08. The molecule has 15 heavy (non-hydrogen) atoms. The van der Waals surface area contributed by atoms with E-state index >= 15 is 0 Å². The van der Waals surface area contributed by atoms with Crippen molar-refractivity contribution in [3.05, 3.63) is 12.7 Å². The van der Waals surface area contributed by atoms with Gasteiger partial charge in [-0.3, -0.25) is 0 Å². The summed E-state index contributed by atoms with van der Waals surface area (Å²) in [6.07, 6.45) is 1.01. The minimum Gasteiger partial charge on any atom is -0.444 e. The fraction of sp³-hybridized carbons (Fsp3) is 0.727. The number of amides is 1. The Labute approximate surface area is 91.3 Å². The number of hydrogen-bond donors (Lipinski definition) is 2. The summed E-state index contributed by atoms with van der Waals surface area (Å²) in [4.78, 5) is 11.4. The van der Waals surface area contributed by atoms with Crippen LogP contribution in [0.3, 0.4) is 0 Å². The number of carbonyl (C=O) groups is 1. The molecule has 0 aromatic rings. The Morgan fingerprint density at radius 2 is 2.13 bits per heavy atom. The molecule has 0 unspecified atom stereocenters. The minimum atomic E-state index is -0.629. The topological polar surface area (TPSA) is 58.6 Å². The Morgan fingerprint density at radius 1 is 1.60 bits per heavy atom. The zero-order valence-electron chi connectivity index (χ0n) is 9.91. The van der Waals surface area contributed by atoms with E-state index in [2.05, 4.69) is 11.9 Å². The van der Waals surface area contributed by atoms with Crippen molar-refractivity contribution in [1.29, 1.82) is 0 Å². The van der Waals surface area contributed by atoms with Gasteiger partial charge in [-0.25, -0.2) is 4.79 Å². The molecule has 0 aromatic heterocycles. The first-order valence-corrected chi connectivity index (χ1v) is 5.04. The van der Waals surface area contributed by atoms with Crippen LogP contribution in [0.1, 0.15) is 34.1 Å². The minimum absolute atomic E-state index is 0.350. The summed E-state index contributed by atoms with van der Waals surface area (Å²) in [6, 6.07) is -0.350. The second-order valence-electron chi connectivity index (χ2n) is 4.52. The lowest BCUT2D eigenvalue weighted by atomic mass is 10.1. The lowest BCUT2D eigenvalue weighted by Crippen LogP contribution is -2.44. The second-order valence-corrected chi connectivity index (χ2v) is 4.52. The normalized spacial score (nSPS) is 15.3. The van der Waals surface area contributed by atoms with E-state index in [-0.39, 0.29) is 6.04 Å². The van der Waals surface area contributed by atoms with Gasteiger partial charge in [-0.2, -0.15) is 0 Å². The molecule has 0 saturated carbocycles. The third-order valence-corrected chi connectivity index (χ3v) is 1.71. The third-order valence-electron chi connectivity index (χ3n) is 1.71. The maximum absolute atomic E-state index is 11.4. The first kappa shape index (κ1) is 14.0. The SMILES string of the molecule is C=CC[C@H](NC(=O)OC(C)(C)C)[C@H](C)O. The summed E-state index contributed by atoms with van der Waals surface area (Å²) in [7, 11) is 0. The molecule has 4 nitrogen and oxygen atoms in total. The molecule has 0 aromatic carbocycles. The number of ether oxygens (including phenoxy) is 1. The Kier molecular flexibility index (Phi) is 5.36. The van der Waals surface area contributed by atoms with Crippen LogP contribution < -0.4 is 5.32 Å². The molecule has 0 spiro atoms. The van der Waals surface area contributed by atoms with Gasteiger partial charge >= 0.3 is 6.09 Å². The number of alkyl carbamates (subject to hydrolysis) is 1. The Morgan fingerprint density at radius 3 is 2.47 bits per heavy atom. The van der Waals surface area contributed by atoms with E-state index in [1.165, 1.54) is 0 Å². The number of nitrogens with one attached hydrogen (secondary N) is 1. The van der Waals surface area contributed by atoms with Crippen molar-refractivity contribution in [2.75, 3.05) is 0 Å². The zero-order chi connectivity index (χ0) is 12.1. The van der Waals surface area contributed by atoms with E-state index in [4.69, 9.17) is 4.74 Å². The number of aliphatic hydroxyl groups excluding tert-OH is 1. The van der Waals surface area contributed by atoms with Crippen molar-refractivity contribution in [2.24, 2.45) is 0 Å². The molecule has 2 N–H and O–H groups in total. The van der Waals surface area contributed by atoms with Crippen LogP contribution in [0.5, 0.6) is 0 Å². The Balaban J connectivity index is 4.17. The summed E-state index contributed by atoms with van der Waals surface area (Å²) in [6.45, 7) is 10.5. The van der Waals surface area contributed by atoms with Crippen LogP contribution in [0.2, 0.25) is 0 Å². The Hall–Kier alpha value is -1.03. The largest absolute Gasteiger partial charge is 0.444 e. The van der Waals surface area contributed by atoms with E-state index in [0.717, 1.165) is 0 Å². The number of aliphatic hydroxyl groups is 1. The number of carbonyl (C=O) groups excluding carboxylic acids is 1. The molecule has 1 amide bonds. The highest BCUT2D eigenvalue weighted by atomic mass is 16.6. The van der Waals surface area contributed by atoms with Crippen LogP contribution in [0.4, 0.5) is 4.79 Å². The second kappa shape index (κ2) is 5.75. The van der Waals surface area contributed by atoms with Gasteiger partial charge in [0.25, 0.3) is 0 Å². The van der Waals surface area contributed by atoms with Gasteiger partial charge in [-0.15, -0.1) is 6.58 Å². The molecular weight excluding hydrogens is 194 g/mol. The fourth-order valence-electron chi connectivity index (χ4n) is 1.01. The first-order valence-electron chi connectivity index (χ1n) is 5.04. The van der Waals surface area contributed by atoms with Crippen molar-refractivity contribution in [1.82, 2.24) is 5.32 Å². The van der Waals surface area contributed by atoms with Crippen molar-refractivity contribution >= 4 is 6.09 Å². The first-order chi connectivity index (χ1) is 6.76. The van der Waals surface area contributed by atoms with E-state index in [9.17, 15) is 9.90 Å². The Bertz CT molecular complexity index is 218. The van der Waals surface area contributed by atoms with E-state index in [1.807, 2.05) is 0 Å². The zero-order valence-corrected chi connectivity index (χ0v) is 9.91. The van der Waals surface area contributed by atoms with Crippen LogP contribution in [-0.2, 0) is 4.74 Å². The van der Waals surface area contributed by atoms with Crippen molar-refractivity contribution in [3.63, 3.8) is 0 Å². The summed E-state index contributed by atoms with van der Waals surface area (Å²) in [5.74, 6) is 0. The number of hydrogen-bond acceptors (Lipinski definition) is 3. The van der Waals surface area contributed by atoms with Gasteiger partial charge in [0, 0.05) is 0 Å². The molecule has 0 bridgehead atoms. The highest BCUT2D eigenvalue weighted by molar-refractivity contribution is 5.68. The summed E-state index contributed by atoms with van der Waals surface area (Å²) in [5.41, 5.74) is -0.526. The van der Waals surface area contributed by atoms with Gasteiger partial charge in [0.05, 0.1) is 12.1 Å². The lowest BCUT2D eigenvalue weighted by molar-refractivity contribution is 0.0439. The fourth-order valence-corrected chi connectivity index (χ4v) is 1.01. The lowest BCUT2D eigenvalue weighted by Gasteiger charge is -2.24. The highest BCUT2D eigenvalue weighted by Gasteiger charge is 2.21. The molecular formula is C11H21NO3. The standard InChI is InChI=1S/C11H21NO3/c1-6-7-9(8(2)13)12-10(14)15-11(3,4)5/h6,8-9,13H,1,7H2,2-5H3,(H,12,14)/t8-,9-/m0/s1. The molecule has 0 radical (unpaired) electrons. The van der Waals surface area contributed by atoms with Crippen LogP contribution in [0.25, 0.3) is 0 Å². The average Bonchev–Trinajstić information content (AvgIpc) is 1.99. The van der Waals surface area contributed by atoms with Crippen molar-refractivity contribution in [2.45, 2.75) is 51.9 Å². The van der Waals surface area contributed by atoms with E-state index in [0.29, 0.717) is 6.42 Å². The van der Waals surface area contributed by atoms with Gasteiger partial charge in [0.15, 0.2) is 0 Å². The molecule has 0 aliphatic carbocycles. The monoisotopic (exact) mass is 215 g/mol. The van der Waals surface area contributed by atoms with Gasteiger partial charge in [0.1, 0.15) is 5.60 Å². The smallest absolute Gasteiger partial charge is 0.407 e. The van der Waals surface area contributed by atoms with Gasteiger partial charge in [-0.1, -0.05) is 6.08 Å². The predicted octanol–water partition coefficient (Wildman–Crippen LogP) is 1.84. The molecule has 4 heteroatoms. The third kappa shape index (κ3) is 6.96. The quantitative estimate of drug-likeness (QED) is 0.703. The van der Waals surface area contributed by atoms with Crippen LogP contribution in [0, 0.1) is 0 Å². The van der Waals surface area contributed by atoms with Gasteiger partial charge < -0.3 is 15.2 Å². The maximum Gasteiger partial charge on any atom is 0.407 e. The van der Waals surface area contributed by atoms with Crippen molar-refractivity contribution in [3.8, 4) is 0 Å². The molecule has 0 heterocycles. The van der Waals surface area contributed by atoms with Crippen LogP contribution in [-0.4, -0.2) is 28.9 Å². The average molecular weight is 215 g/mol. The van der Waals surface area contributed by atoms with E-state index < -0.39 is 17.8 Å². The maximum atomic E-state index is 11.4. The molecule has 0 fully saturated rings. The molecule has 0 aliphatic rings. The summed E-state index contributed by atoms with van der Waals surface area (Å²) >= 11 is 0. The molecule has 88 valence electrons. The predicted molar refractivity (Wildman–Crippen MR) is 59.7 cm³/mol. The van der Waals surface area contributed by atoms with E-state index in [1.54, 1.807) is 33.8 Å². The van der Waals surface area contributed by atoms with Gasteiger partial charge in [0.2, 0.25) is 0 Å². The van der Waals surface area contributed by atoms with Crippen LogP contribution in [0.15, 0.2) is 12.7 Å². The molecule has 2 atom stereocenters. The summed E-state index contributed by atoms with van der Waals surface area (Å²) < 4.78 is 5.07. The number of rotatable bonds is 4. The van der Waals surface area contributed by atoms with Gasteiger partial charge in [-0.05, 0) is 34.1 Å².